The fourth-order valence-electron chi connectivity index (χ4n) is 3.25. The third-order valence-electron chi connectivity index (χ3n) is 4.59. The van der Waals surface area contributed by atoms with Gasteiger partial charge >= 0.3 is 6.09 Å². The third-order valence-corrected chi connectivity index (χ3v) is 4.96. The van der Waals surface area contributed by atoms with Crippen LogP contribution in [0.1, 0.15) is 30.9 Å². The van der Waals surface area contributed by atoms with Gasteiger partial charge in [-0.2, -0.15) is 0 Å². The van der Waals surface area contributed by atoms with E-state index in [4.69, 9.17) is 16.5 Å². The van der Waals surface area contributed by atoms with Gasteiger partial charge in [-0.1, -0.05) is 62.4 Å². The molecule has 0 aromatic heterocycles. The summed E-state index contributed by atoms with van der Waals surface area (Å²) < 4.78 is 6.28. The summed E-state index contributed by atoms with van der Waals surface area (Å²) in [7, 11) is 0. The number of carbonyl (C=O) groups excluding carboxylic acids is 2. The Kier molecular flexibility index (Phi) is 5.09. The van der Waals surface area contributed by atoms with Gasteiger partial charge in [-0.15, -0.1) is 0 Å². The van der Waals surface area contributed by atoms with Crippen molar-refractivity contribution in [2.45, 2.75) is 25.8 Å². The molecule has 25 heavy (non-hydrogen) atoms. The SMILES string of the molecule is CC(C)C(C=O)N(Cl)C(=O)OCC1c2ccccc2-c2ccccc21. The largest absolute Gasteiger partial charge is 0.448 e. The fourth-order valence-corrected chi connectivity index (χ4v) is 3.57. The molecular formula is C20H20ClNO3. The second kappa shape index (κ2) is 7.28. The summed E-state index contributed by atoms with van der Waals surface area (Å²) in [4.78, 5) is 23.4. The van der Waals surface area contributed by atoms with Crippen LogP contribution in [-0.4, -0.2) is 29.4 Å². The van der Waals surface area contributed by atoms with Gasteiger partial charge in [-0.3, -0.25) is 0 Å². The standard InChI is InChI=1S/C20H20ClNO3/c1-13(2)19(11-23)22(21)20(24)25-12-18-16-9-5-3-7-14(16)15-8-4-6-10-17(15)18/h3-11,13,18-19H,12H2,1-2H3. The van der Waals surface area contributed by atoms with Crippen molar-refractivity contribution < 1.29 is 14.3 Å². The molecule has 4 nitrogen and oxygen atoms in total. The molecule has 0 bridgehead atoms. The molecule has 0 N–H and O–H groups in total. The van der Waals surface area contributed by atoms with Crippen molar-refractivity contribution in [1.82, 2.24) is 4.42 Å². The maximum atomic E-state index is 12.2. The Morgan fingerprint density at radius 1 is 1.12 bits per heavy atom. The first-order chi connectivity index (χ1) is 12.0. The van der Waals surface area contributed by atoms with Gasteiger partial charge in [0.2, 0.25) is 0 Å². The first-order valence-electron chi connectivity index (χ1n) is 8.30. The Hall–Kier alpha value is -2.33. The minimum atomic E-state index is -0.711. The Labute approximate surface area is 152 Å². The molecule has 1 aliphatic rings. The molecule has 0 radical (unpaired) electrons. The van der Waals surface area contributed by atoms with Gasteiger partial charge in [-0.05, 0) is 28.2 Å². The Bertz CT molecular complexity index is 745. The Balaban J connectivity index is 1.78. The van der Waals surface area contributed by atoms with Crippen molar-refractivity contribution in [3.05, 3.63) is 59.7 Å². The lowest BCUT2D eigenvalue weighted by Crippen LogP contribution is -2.38. The number of ether oxygens (including phenoxy) is 1. The third kappa shape index (κ3) is 3.27. The number of rotatable bonds is 5. The van der Waals surface area contributed by atoms with Gasteiger partial charge in [0.25, 0.3) is 0 Å². The van der Waals surface area contributed by atoms with E-state index < -0.39 is 12.1 Å². The maximum Gasteiger partial charge on any atom is 0.425 e. The van der Waals surface area contributed by atoms with Crippen molar-refractivity contribution in [3.8, 4) is 11.1 Å². The van der Waals surface area contributed by atoms with Gasteiger partial charge in [0.15, 0.2) is 0 Å². The number of amides is 1. The monoisotopic (exact) mass is 357 g/mol. The molecule has 2 aromatic rings. The summed E-state index contributed by atoms with van der Waals surface area (Å²) in [5, 5.41) is 0. The van der Waals surface area contributed by atoms with Crippen LogP contribution in [0.15, 0.2) is 48.5 Å². The maximum absolute atomic E-state index is 12.2. The molecule has 130 valence electrons. The summed E-state index contributed by atoms with van der Waals surface area (Å²) in [6.45, 7) is 3.83. The normalized spacial score (nSPS) is 13.9. The van der Waals surface area contributed by atoms with E-state index in [1.807, 2.05) is 38.1 Å². The first-order valence-corrected chi connectivity index (χ1v) is 8.63. The Morgan fingerprint density at radius 3 is 2.12 bits per heavy atom. The highest BCUT2D eigenvalue weighted by Gasteiger charge is 2.31. The first kappa shape index (κ1) is 17.5. The highest BCUT2D eigenvalue weighted by Crippen LogP contribution is 2.44. The molecule has 1 atom stereocenters. The topological polar surface area (TPSA) is 46.6 Å². The van der Waals surface area contributed by atoms with Crippen molar-refractivity contribution in [1.29, 1.82) is 0 Å². The van der Waals surface area contributed by atoms with E-state index in [0.717, 1.165) is 26.7 Å². The number of aldehydes is 1. The predicted molar refractivity (Wildman–Crippen MR) is 97.5 cm³/mol. The summed E-state index contributed by atoms with van der Waals surface area (Å²) in [5.74, 6) is -0.120. The van der Waals surface area contributed by atoms with Crippen molar-refractivity contribution in [2.75, 3.05) is 6.61 Å². The zero-order chi connectivity index (χ0) is 18.0. The highest BCUT2D eigenvalue weighted by atomic mass is 35.5. The number of halogens is 1. The molecule has 0 fully saturated rings. The molecule has 0 saturated carbocycles. The fraction of sp³-hybridized carbons (Fsp3) is 0.300. The average molecular weight is 358 g/mol. The van der Waals surface area contributed by atoms with Crippen LogP contribution in [0.4, 0.5) is 4.79 Å². The molecule has 3 rings (SSSR count). The lowest BCUT2D eigenvalue weighted by Gasteiger charge is -2.24. The summed E-state index contributed by atoms with van der Waals surface area (Å²) in [6.07, 6.45) is -0.0339. The van der Waals surface area contributed by atoms with Crippen molar-refractivity contribution in [2.24, 2.45) is 5.92 Å². The van der Waals surface area contributed by atoms with Gasteiger partial charge in [0.1, 0.15) is 18.9 Å². The van der Waals surface area contributed by atoms with Crippen LogP contribution < -0.4 is 0 Å². The van der Waals surface area contributed by atoms with Crippen molar-refractivity contribution in [3.63, 3.8) is 0 Å². The molecule has 1 amide bonds. The number of fused-ring (bicyclic) bond motifs is 3. The van der Waals surface area contributed by atoms with Gasteiger partial charge in [0, 0.05) is 17.7 Å². The second-order valence-electron chi connectivity index (χ2n) is 6.49. The van der Waals surface area contributed by atoms with Crippen LogP contribution in [0.5, 0.6) is 0 Å². The van der Waals surface area contributed by atoms with Crippen LogP contribution in [0.3, 0.4) is 0 Å². The van der Waals surface area contributed by atoms with Crippen LogP contribution in [0.2, 0.25) is 0 Å². The Morgan fingerprint density at radius 2 is 1.64 bits per heavy atom. The molecule has 0 aliphatic heterocycles. The molecule has 2 aromatic carbocycles. The average Bonchev–Trinajstić information content (AvgIpc) is 2.94. The summed E-state index contributed by atoms with van der Waals surface area (Å²) in [5.41, 5.74) is 4.59. The lowest BCUT2D eigenvalue weighted by atomic mass is 9.98. The molecule has 5 heteroatoms. The van der Waals surface area contributed by atoms with Crippen LogP contribution in [0.25, 0.3) is 11.1 Å². The van der Waals surface area contributed by atoms with Gasteiger partial charge < -0.3 is 9.53 Å². The van der Waals surface area contributed by atoms with Crippen LogP contribution in [0, 0.1) is 5.92 Å². The van der Waals surface area contributed by atoms with Crippen molar-refractivity contribution >= 4 is 24.2 Å². The quantitative estimate of drug-likeness (QED) is 0.579. The minimum absolute atomic E-state index is 0.0323. The lowest BCUT2D eigenvalue weighted by molar-refractivity contribution is -0.111. The molecule has 0 saturated heterocycles. The smallest absolute Gasteiger partial charge is 0.425 e. The zero-order valence-electron chi connectivity index (χ0n) is 14.2. The summed E-state index contributed by atoms with van der Waals surface area (Å²) >= 11 is 6.01. The van der Waals surface area contributed by atoms with Gasteiger partial charge in [-0.25, -0.2) is 9.21 Å². The molecule has 0 heterocycles. The molecule has 0 spiro atoms. The van der Waals surface area contributed by atoms with E-state index in [0.29, 0.717) is 6.29 Å². The van der Waals surface area contributed by atoms with E-state index in [9.17, 15) is 9.59 Å². The predicted octanol–water partition coefficient (Wildman–Crippen LogP) is 4.61. The second-order valence-corrected chi connectivity index (χ2v) is 6.85. The minimum Gasteiger partial charge on any atom is -0.448 e. The zero-order valence-corrected chi connectivity index (χ0v) is 14.9. The number of hydrogen-bond donors (Lipinski definition) is 0. The number of benzene rings is 2. The number of nitrogens with zero attached hydrogens (tertiary/aromatic N) is 1. The molecule has 1 unspecified atom stereocenters. The van der Waals surface area contributed by atoms with Crippen LogP contribution >= 0.6 is 11.8 Å². The van der Waals surface area contributed by atoms with Gasteiger partial charge in [0.05, 0.1) is 0 Å². The number of carbonyl (C=O) groups is 2. The van der Waals surface area contributed by atoms with E-state index in [1.54, 1.807) is 0 Å². The highest BCUT2D eigenvalue weighted by molar-refractivity contribution is 6.21. The van der Waals surface area contributed by atoms with E-state index in [-0.39, 0.29) is 18.4 Å². The van der Waals surface area contributed by atoms with E-state index >= 15 is 0 Å². The van der Waals surface area contributed by atoms with E-state index in [2.05, 4.69) is 24.3 Å². The van der Waals surface area contributed by atoms with Crippen LogP contribution in [-0.2, 0) is 9.53 Å². The van der Waals surface area contributed by atoms with E-state index in [1.165, 1.54) is 0 Å². The number of hydrogen-bond acceptors (Lipinski definition) is 3. The summed E-state index contributed by atoms with van der Waals surface area (Å²) in [6, 6.07) is 15.5. The molecular weight excluding hydrogens is 338 g/mol. The molecule has 1 aliphatic carbocycles.